The summed E-state index contributed by atoms with van der Waals surface area (Å²) in [4.78, 5) is 29.0. The largest absolute Gasteiger partial charge is 0.458 e. The molecule has 1 N–H and O–H groups in total. The average molecular weight is 404 g/mol. The summed E-state index contributed by atoms with van der Waals surface area (Å²) in [5.41, 5.74) is 0.165. The summed E-state index contributed by atoms with van der Waals surface area (Å²) in [7, 11) is 0. The third-order valence-corrected chi connectivity index (χ3v) is 4.29. The molecule has 1 aromatic heterocycles. The van der Waals surface area contributed by atoms with Crippen LogP contribution in [0.4, 0.5) is 4.79 Å². The summed E-state index contributed by atoms with van der Waals surface area (Å²) in [6, 6.07) is 6.59. The zero-order valence-corrected chi connectivity index (χ0v) is 17.8. The summed E-state index contributed by atoms with van der Waals surface area (Å²) in [6.45, 7) is 10.5. The molecule has 0 saturated heterocycles. The average Bonchev–Trinajstić information content (AvgIpc) is 2.93. The van der Waals surface area contributed by atoms with E-state index in [2.05, 4.69) is 10.3 Å². The van der Waals surface area contributed by atoms with E-state index in [1.165, 1.54) is 11.3 Å². The zero-order valence-electron chi connectivity index (χ0n) is 17.0. The van der Waals surface area contributed by atoms with Gasteiger partial charge in [0.05, 0.1) is 10.2 Å². The molecule has 2 rings (SSSR count). The predicted octanol–water partition coefficient (Wildman–Crippen LogP) is 3.95. The lowest BCUT2D eigenvalue weighted by atomic mass is 10.1. The van der Waals surface area contributed by atoms with Crippen molar-refractivity contribution in [3.05, 3.63) is 28.8 Å². The Kier molecular flexibility index (Phi) is 6.30. The number of esters is 1. The van der Waals surface area contributed by atoms with Gasteiger partial charge in [-0.05, 0) is 59.2 Å². The summed E-state index contributed by atoms with van der Waals surface area (Å²) >= 11 is 1.28. The van der Waals surface area contributed by atoms with Crippen LogP contribution in [0.2, 0.25) is 0 Å². The van der Waals surface area contributed by atoms with Crippen molar-refractivity contribution in [2.45, 2.75) is 65.2 Å². The van der Waals surface area contributed by atoms with Crippen molar-refractivity contribution in [3.63, 3.8) is 0 Å². The van der Waals surface area contributed by atoms with Gasteiger partial charge in [-0.1, -0.05) is 6.07 Å². The quantitative estimate of drug-likeness (QED) is 0.776. The Bertz CT molecular complexity index is 916. The monoisotopic (exact) mass is 403 g/mol. The maximum Gasteiger partial charge on any atom is 0.408 e. The van der Waals surface area contributed by atoms with Gasteiger partial charge in [-0.2, -0.15) is 5.26 Å². The molecular formula is C20H25N3O4S. The number of rotatable bonds is 4. The molecule has 0 aliphatic carbocycles. The summed E-state index contributed by atoms with van der Waals surface area (Å²) < 4.78 is 11.6. The molecule has 0 aliphatic rings. The van der Waals surface area contributed by atoms with Gasteiger partial charge in [0, 0.05) is 6.42 Å². The zero-order chi connectivity index (χ0) is 21.1. The van der Waals surface area contributed by atoms with Crippen LogP contribution >= 0.6 is 11.3 Å². The number of ether oxygens (including phenoxy) is 2. The number of aromatic nitrogens is 1. The van der Waals surface area contributed by atoms with Gasteiger partial charge in [-0.3, -0.25) is 0 Å². The Labute approximate surface area is 168 Å². The fraction of sp³-hybridized carbons (Fsp3) is 0.500. The molecule has 28 heavy (non-hydrogen) atoms. The van der Waals surface area contributed by atoms with Gasteiger partial charge < -0.3 is 14.8 Å². The van der Waals surface area contributed by atoms with Crippen molar-refractivity contribution in [1.29, 1.82) is 5.26 Å². The van der Waals surface area contributed by atoms with Crippen LogP contribution in [0.25, 0.3) is 10.2 Å². The number of carbonyl (C=O) groups excluding carboxylic acids is 2. The number of fused-ring (bicyclic) bond motifs is 1. The second kappa shape index (κ2) is 8.15. The maximum atomic E-state index is 12.6. The third kappa shape index (κ3) is 6.50. The minimum Gasteiger partial charge on any atom is -0.458 e. The highest BCUT2D eigenvalue weighted by atomic mass is 32.1. The van der Waals surface area contributed by atoms with E-state index >= 15 is 0 Å². The molecule has 1 amide bonds. The molecule has 2 aromatic rings. The van der Waals surface area contributed by atoms with Crippen molar-refractivity contribution >= 4 is 33.6 Å². The number of benzene rings is 1. The molecule has 0 unspecified atom stereocenters. The number of thiazole rings is 1. The van der Waals surface area contributed by atoms with Crippen LogP contribution < -0.4 is 5.32 Å². The van der Waals surface area contributed by atoms with E-state index in [1.54, 1.807) is 47.6 Å². The Morgan fingerprint density at radius 3 is 2.39 bits per heavy atom. The van der Waals surface area contributed by atoms with E-state index in [1.807, 2.05) is 18.2 Å². The first-order chi connectivity index (χ1) is 12.9. The molecule has 0 saturated carbocycles. The van der Waals surface area contributed by atoms with Gasteiger partial charge >= 0.3 is 12.1 Å². The first kappa shape index (κ1) is 21.6. The summed E-state index contributed by atoms with van der Waals surface area (Å²) in [5.74, 6) is -0.541. The number of nitrogens with one attached hydrogen (secondary N) is 1. The fourth-order valence-corrected chi connectivity index (χ4v) is 3.22. The predicted molar refractivity (Wildman–Crippen MR) is 107 cm³/mol. The molecule has 1 heterocycles. The van der Waals surface area contributed by atoms with Crippen molar-refractivity contribution in [1.82, 2.24) is 10.3 Å². The molecule has 8 heteroatoms. The normalized spacial score (nSPS) is 12.9. The number of nitriles is 1. The molecule has 150 valence electrons. The van der Waals surface area contributed by atoms with E-state index in [0.717, 1.165) is 15.8 Å². The standard InChI is InChI=1S/C20H25N3O4S/c1-19(2,3)26-17(24)14(23-18(25)27-20(4,5)6)9-12-7-8-13-15(10-12)28-16(11-21)22-13/h7-8,10,14H,9H2,1-6H3,(H,23,25)/t14-/m0/s1. The second-order valence-corrected chi connectivity index (χ2v) is 9.40. The molecule has 0 aliphatic heterocycles. The number of carbonyl (C=O) groups is 2. The van der Waals surface area contributed by atoms with Gasteiger partial charge in [0.25, 0.3) is 0 Å². The van der Waals surface area contributed by atoms with Gasteiger partial charge in [0.1, 0.15) is 23.3 Å². The summed E-state index contributed by atoms with van der Waals surface area (Å²) in [5, 5.41) is 12.0. The van der Waals surface area contributed by atoms with E-state index in [4.69, 9.17) is 14.7 Å². The Balaban J connectivity index is 2.24. The first-order valence-corrected chi connectivity index (χ1v) is 9.70. The van der Waals surface area contributed by atoms with Gasteiger partial charge in [-0.15, -0.1) is 11.3 Å². The van der Waals surface area contributed by atoms with E-state index in [-0.39, 0.29) is 6.42 Å². The number of nitrogens with zero attached hydrogens (tertiary/aromatic N) is 2. The Morgan fingerprint density at radius 1 is 1.18 bits per heavy atom. The van der Waals surface area contributed by atoms with Crippen molar-refractivity contribution in [3.8, 4) is 6.07 Å². The lowest BCUT2D eigenvalue weighted by molar-refractivity contribution is -0.157. The highest BCUT2D eigenvalue weighted by Gasteiger charge is 2.29. The number of alkyl carbamates (subject to hydrolysis) is 1. The maximum absolute atomic E-state index is 12.6. The molecule has 0 spiro atoms. The SMILES string of the molecule is CC(C)(C)OC(=O)N[C@@H](Cc1ccc2nc(C#N)sc2c1)C(=O)OC(C)(C)C. The highest BCUT2D eigenvalue weighted by molar-refractivity contribution is 7.19. The fourth-order valence-electron chi connectivity index (χ4n) is 2.40. The van der Waals surface area contributed by atoms with Crippen LogP contribution in [0.3, 0.4) is 0 Å². The second-order valence-electron chi connectivity index (χ2n) is 8.37. The van der Waals surface area contributed by atoms with Crippen LogP contribution in [-0.2, 0) is 20.7 Å². The Hall–Kier alpha value is -2.66. The summed E-state index contributed by atoms with van der Waals surface area (Å²) in [6.07, 6.45) is -0.460. The minimum atomic E-state index is -0.908. The number of hydrogen-bond donors (Lipinski definition) is 1. The van der Waals surface area contributed by atoms with Crippen LogP contribution in [0.5, 0.6) is 0 Å². The smallest absolute Gasteiger partial charge is 0.408 e. The molecule has 0 bridgehead atoms. The molecular weight excluding hydrogens is 378 g/mol. The van der Waals surface area contributed by atoms with E-state index < -0.39 is 29.3 Å². The van der Waals surface area contributed by atoms with E-state index in [9.17, 15) is 9.59 Å². The van der Waals surface area contributed by atoms with Crippen molar-refractivity contribution in [2.75, 3.05) is 0 Å². The van der Waals surface area contributed by atoms with Gasteiger partial charge in [-0.25, -0.2) is 14.6 Å². The topological polar surface area (TPSA) is 101 Å². The lowest BCUT2D eigenvalue weighted by Gasteiger charge is -2.26. The minimum absolute atomic E-state index is 0.226. The van der Waals surface area contributed by atoms with Crippen molar-refractivity contribution in [2.24, 2.45) is 0 Å². The van der Waals surface area contributed by atoms with Crippen LogP contribution in [0, 0.1) is 11.3 Å². The number of hydrogen-bond acceptors (Lipinski definition) is 7. The van der Waals surface area contributed by atoms with Gasteiger partial charge in [0.15, 0.2) is 5.01 Å². The lowest BCUT2D eigenvalue weighted by Crippen LogP contribution is -2.47. The Morgan fingerprint density at radius 2 is 1.82 bits per heavy atom. The molecule has 1 aromatic carbocycles. The van der Waals surface area contributed by atoms with Crippen LogP contribution in [0.1, 0.15) is 52.1 Å². The third-order valence-electron chi connectivity index (χ3n) is 3.37. The van der Waals surface area contributed by atoms with E-state index in [0.29, 0.717) is 5.01 Å². The molecule has 0 fully saturated rings. The first-order valence-electron chi connectivity index (χ1n) is 8.88. The van der Waals surface area contributed by atoms with Gasteiger partial charge in [0.2, 0.25) is 0 Å². The van der Waals surface area contributed by atoms with Crippen LogP contribution in [0.15, 0.2) is 18.2 Å². The van der Waals surface area contributed by atoms with Crippen molar-refractivity contribution < 1.29 is 19.1 Å². The highest BCUT2D eigenvalue weighted by Crippen LogP contribution is 2.24. The molecule has 1 atom stereocenters. The molecule has 7 nitrogen and oxygen atoms in total. The molecule has 0 radical (unpaired) electrons. The van der Waals surface area contributed by atoms with Crippen LogP contribution in [-0.4, -0.2) is 34.3 Å². The number of amides is 1.